The average molecular weight is 342 g/mol. The van der Waals surface area contributed by atoms with E-state index in [2.05, 4.69) is 31.7 Å². The Bertz CT molecular complexity index is 666. The highest BCUT2D eigenvalue weighted by Crippen LogP contribution is 2.18. The van der Waals surface area contributed by atoms with Crippen molar-refractivity contribution in [3.63, 3.8) is 0 Å². The first-order valence-electron chi connectivity index (χ1n) is 8.92. The van der Waals surface area contributed by atoms with Crippen molar-refractivity contribution in [1.29, 1.82) is 0 Å². The molecule has 7 heteroatoms. The predicted octanol–water partition coefficient (Wildman–Crippen LogP) is 2.16. The van der Waals surface area contributed by atoms with Gasteiger partial charge in [0.2, 0.25) is 0 Å². The molecular formula is C18H26N6O. The number of rotatable bonds is 6. The van der Waals surface area contributed by atoms with Crippen molar-refractivity contribution < 1.29 is 4.79 Å². The summed E-state index contributed by atoms with van der Waals surface area (Å²) in [6, 6.07) is 5.72. The monoisotopic (exact) mass is 342 g/mol. The number of hydrogen-bond acceptors (Lipinski definition) is 4. The van der Waals surface area contributed by atoms with E-state index in [0.717, 1.165) is 24.5 Å². The molecule has 0 aromatic carbocycles. The van der Waals surface area contributed by atoms with Crippen molar-refractivity contribution in [3.8, 4) is 0 Å². The van der Waals surface area contributed by atoms with Gasteiger partial charge in [0.25, 0.3) is 0 Å². The zero-order valence-electron chi connectivity index (χ0n) is 14.7. The second-order valence-corrected chi connectivity index (χ2v) is 6.53. The summed E-state index contributed by atoms with van der Waals surface area (Å²) >= 11 is 0. The number of carbonyl (C=O) groups is 1. The molecule has 1 aliphatic rings. The van der Waals surface area contributed by atoms with Crippen LogP contribution >= 0.6 is 0 Å². The fraction of sp³-hybridized carbons (Fsp3) is 0.500. The molecule has 2 aromatic rings. The van der Waals surface area contributed by atoms with Crippen LogP contribution in [0.25, 0.3) is 0 Å². The van der Waals surface area contributed by atoms with Gasteiger partial charge in [0.15, 0.2) is 0 Å². The molecule has 1 fully saturated rings. The zero-order valence-corrected chi connectivity index (χ0v) is 14.7. The molecule has 1 atom stereocenters. The molecule has 0 saturated carbocycles. The van der Waals surface area contributed by atoms with Gasteiger partial charge in [0.05, 0.1) is 6.54 Å². The van der Waals surface area contributed by atoms with Gasteiger partial charge < -0.3 is 15.5 Å². The number of nitrogens with one attached hydrogen (secondary N) is 2. The smallest absolute Gasteiger partial charge is 0.315 e. The summed E-state index contributed by atoms with van der Waals surface area (Å²) in [7, 11) is 0. The van der Waals surface area contributed by atoms with E-state index in [1.165, 1.54) is 19.3 Å². The lowest BCUT2D eigenvalue weighted by molar-refractivity contribution is 0.235. The minimum atomic E-state index is -0.170. The third-order valence-electron chi connectivity index (χ3n) is 4.34. The number of nitrogens with zero attached hydrogens (tertiary/aromatic N) is 4. The summed E-state index contributed by atoms with van der Waals surface area (Å²) in [6.07, 6.45) is 9.18. The van der Waals surface area contributed by atoms with Gasteiger partial charge in [0.1, 0.15) is 5.82 Å². The second kappa shape index (κ2) is 8.50. The Morgan fingerprint density at radius 3 is 2.88 bits per heavy atom. The van der Waals surface area contributed by atoms with Crippen LogP contribution in [-0.2, 0) is 13.1 Å². The maximum atomic E-state index is 12.1. The lowest BCUT2D eigenvalue weighted by atomic mass is 10.1. The minimum absolute atomic E-state index is 0.00116. The summed E-state index contributed by atoms with van der Waals surface area (Å²) in [5.41, 5.74) is 1.06. The van der Waals surface area contributed by atoms with E-state index >= 15 is 0 Å². The second-order valence-electron chi connectivity index (χ2n) is 6.53. The predicted molar refractivity (Wildman–Crippen MR) is 97.4 cm³/mol. The normalized spacial score (nSPS) is 15.6. The van der Waals surface area contributed by atoms with Crippen LogP contribution in [0.15, 0.2) is 36.8 Å². The van der Waals surface area contributed by atoms with Crippen molar-refractivity contribution in [2.24, 2.45) is 0 Å². The Hall–Kier alpha value is -2.57. The first kappa shape index (κ1) is 17.3. The minimum Gasteiger partial charge on any atom is -0.357 e. The first-order valence-corrected chi connectivity index (χ1v) is 8.92. The topological polar surface area (TPSA) is 75.1 Å². The van der Waals surface area contributed by atoms with E-state index in [1.807, 2.05) is 31.5 Å². The number of urea groups is 1. The number of carbonyl (C=O) groups excluding carboxylic acids is 1. The van der Waals surface area contributed by atoms with Gasteiger partial charge in [-0.15, -0.1) is 0 Å². The lowest BCUT2D eigenvalue weighted by Crippen LogP contribution is -2.42. The Labute approximate surface area is 148 Å². The SMILES string of the molecule is C[C@@H](Cn1cccn1)NC(=O)NCc1ccnc(N2CCCCC2)c1. The molecule has 0 radical (unpaired) electrons. The largest absolute Gasteiger partial charge is 0.357 e. The van der Waals surface area contributed by atoms with Gasteiger partial charge in [-0.3, -0.25) is 4.68 Å². The van der Waals surface area contributed by atoms with E-state index < -0.39 is 0 Å². The van der Waals surface area contributed by atoms with Crippen LogP contribution in [0.4, 0.5) is 10.6 Å². The summed E-state index contributed by atoms with van der Waals surface area (Å²) in [4.78, 5) is 18.9. The quantitative estimate of drug-likeness (QED) is 0.843. The highest BCUT2D eigenvalue weighted by atomic mass is 16.2. The number of hydrogen-bond donors (Lipinski definition) is 2. The molecule has 2 N–H and O–H groups in total. The van der Waals surface area contributed by atoms with Crippen LogP contribution in [0.5, 0.6) is 0 Å². The molecule has 3 rings (SSSR count). The Balaban J connectivity index is 1.46. The molecule has 2 aromatic heterocycles. The number of piperidine rings is 1. The van der Waals surface area contributed by atoms with Crippen LogP contribution < -0.4 is 15.5 Å². The third kappa shape index (κ3) is 5.20. The van der Waals surface area contributed by atoms with Crippen LogP contribution in [0.2, 0.25) is 0 Å². The number of aromatic nitrogens is 3. The summed E-state index contributed by atoms with van der Waals surface area (Å²) in [5.74, 6) is 1.01. The molecule has 0 spiro atoms. The molecule has 1 saturated heterocycles. The van der Waals surface area contributed by atoms with Crippen LogP contribution in [0.1, 0.15) is 31.7 Å². The summed E-state index contributed by atoms with van der Waals surface area (Å²) in [5, 5.41) is 9.99. The highest BCUT2D eigenvalue weighted by Gasteiger charge is 2.13. The fourth-order valence-corrected chi connectivity index (χ4v) is 3.06. The van der Waals surface area contributed by atoms with Gasteiger partial charge in [-0.25, -0.2) is 9.78 Å². The fourth-order valence-electron chi connectivity index (χ4n) is 3.06. The maximum absolute atomic E-state index is 12.1. The van der Waals surface area contributed by atoms with Crippen molar-refractivity contribution >= 4 is 11.8 Å². The van der Waals surface area contributed by atoms with Gasteiger partial charge in [0, 0.05) is 44.3 Å². The molecule has 2 amide bonds. The number of anilines is 1. The Morgan fingerprint density at radius 1 is 1.28 bits per heavy atom. The standard InChI is InChI=1S/C18H26N6O/c1-15(14-24-11-5-7-21-24)22-18(25)20-13-16-6-8-19-17(12-16)23-9-3-2-4-10-23/h5-8,11-12,15H,2-4,9-10,13-14H2,1H3,(H2,20,22,25)/t15-/m0/s1. The van der Waals surface area contributed by atoms with E-state index in [1.54, 1.807) is 10.9 Å². The Morgan fingerprint density at radius 2 is 2.12 bits per heavy atom. The molecule has 0 aliphatic carbocycles. The van der Waals surface area contributed by atoms with Gasteiger partial charge in [-0.05, 0) is 49.9 Å². The van der Waals surface area contributed by atoms with E-state index in [4.69, 9.17) is 0 Å². The van der Waals surface area contributed by atoms with Gasteiger partial charge in [-0.1, -0.05) is 0 Å². The number of amides is 2. The van der Waals surface area contributed by atoms with Gasteiger partial charge in [-0.2, -0.15) is 5.10 Å². The molecule has 0 unspecified atom stereocenters. The molecule has 3 heterocycles. The first-order chi connectivity index (χ1) is 12.2. The highest BCUT2D eigenvalue weighted by molar-refractivity contribution is 5.74. The summed E-state index contributed by atoms with van der Waals surface area (Å²) < 4.78 is 1.80. The average Bonchev–Trinajstić information content (AvgIpc) is 3.14. The Kier molecular flexibility index (Phi) is 5.87. The maximum Gasteiger partial charge on any atom is 0.315 e. The molecule has 1 aliphatic heterocycles. The molecule has 25 heavy (non-hydrogen) atoms. The van der Waals surface area contributed by atoms with E-state index in [0.29, 0.717) is 13.1 Å². The molecule has 7 nitrogen and oxygen atoms in total. The molecule has 134 valence electrons. The molecular weight excluding hydrogens is 316 g/mol. The summed E-state index contributed by atoms with van der Waals surface area (Å²) in [6.45, 7) is 5.23. The van der Waals surface area contributed by atoms with Crippen molar-refractivity contribution in [3.05, 3.63) is 42.4 Å². The third-order valence-corrected chi connectivity index (χ3v) is 4.34. The van der Waals surface area contributed by atoms with Gasteiger partial charge >= 0.3 is 6.03 Å². The van der Waals surface area contributed by atoms with Crippen LogP contribution in [-0.4, -0.2) is 39.9 Å². The van der Waals surface area contributed by atoms with Crippen molar-refractivity contribution in [2.45, 2.75) is 45.3 Å². The van der Waals surface area contributed by atoms with Crippen molar-refractivity contribution in [1.82, 2.24) is 25.4 Å². The molecule has 0 bridgehead atoms. The van der Waals surface area contributed by atoms with Crippen LogP contribution in [0.3, 0.4) is 0 Å². The van der Waals surface area contributed by atoms with E-state index in [-0.39, 0.29) is 12.1 Å². The number of pyridine rings is 1. The van der Waals surface area contributed by atoms with Crippen LogP contribution in [0, 0.1) is 0 Å². The van der Waals surface area contributed by atoms with Crippen molar-refractivity contribution in [2.75, 3.05) is 18.0 Å². The van der Waals surface area contributed by atoms with E-state index in [9.17, 15) is 4.79 Å². The lowest BCUT2D eigenvalue weighted by Gasteiger charge is -2.27. The zero-order chi connectivity index (χ0) is 17.5.